The number of nitrogens with zero attached hydrogens (tertiary/aromatic N) is 4. The first-order valence-electron chi connectivity index (χ1n) is 5.60. The number of ether oxygens (including phenoxy) is 1. The molecular formula is C11H11ClN4O3. The van der Waals surface area contributed by atoms with Crippen molar-refractivity contribution in [2.24, 2.45) is 0 Å². The van der Waals surface area contributed by atoms with E-state index in [4.69, 9.17) is 16.3 Å². The lowest BCUT2D eigenvalue weighted by atomic mass is 10.4. The molecule has 0 spiro atoms. The second-order valence-electron chi connectivity index (χ2n) is 3.78. The van der Waals surface area contributed by atoms with Gasteiger partial charge in [-0.15, -0.1) is 0 Å². The Hall–Kier alpha value is -2.15. The van der Waals surface area contributed by atoms with Gasteiger partial charge < -0.3 is 4.74 Å². The Kier molecular flexibility index (Phi) is 3.96. The highest BCUT2D eigenvalue weighted by atomic mass is 35.5. The number of aromatic nitrogens is 3. The number of rotatable bonds is 5. The molecule has 2 rings (SSSR count). The Balaban J connectivity index is 2.19. The minimum atomic E-state index is -0.555. The molecule has 19 heavy (non-hydrogen) atoms. The van der Waals surface area contributed by atoms with Crippen LogP contribution in [0.5, 0.6) is 11.6 Å². The van der Waals surface area contributed by atoms with Crippen molar-refractivity contribution in [1.29, 1.82) is 0 Å². The molecule has 2 aromatic rings. The van der Waals surface area contributed by atoms with Crippen LogP contribution in [0, 0.1) is 10.1 Å². The molecule has 2 aromatic heterocycles. The fraction of sp³-hybridized carbons (Fsp3) is 0.273. The lowest BCUT2D eigenvalue weighted by Crippen LogP contribution is -1.95. The molecule has 0 unspecified atom stereocenters. The van der Waals surface area contributed by atoms with Crippen LogP contribution in [0.25, 0.3) is 0 Å². The van der Waals surface area contributed by atoms with Crippen molar-refractivity contribution in [2.75, 3.05) is 0 Å². The Morgan fingerprint density at radius 1 is 1.53 bits per heavy atom. The van der Waals surface area contributed by atoms with Gasteiger partial charge in [0.15, 0.2) is 5.75 Å². The van der Waals surface area contributed by atoms with Gasteiger partial charge in [-0.1, -0.05) is 18.5 Å². The Labute approximate surface area is 113 Å². The van der Waals surface area contributed by atoms with Crippen molar-refractivity contribution in [3.05, 3.63) is 39.8 Å². The van der Waals surface area contributed by atoms with Crippen LogP contribution in [-0.4, -0.2) is 19.7 Å². The van der Waals surface area contributed by atoms with Crippen LogP contribution in [0.15, 0.2) is 24.5 Å². The highest BCUT2D eigenvalue weighted by Gasteiger charge is 2.12. The topological polar surface area (TPSA) is 83.1 Å². The van der Waals surface area contributed by atoms with Crippen molar-refractivity contribution in [3.63, 3.8) is 0 Å². The summed E-state index contributed by atoms with van der Waals surface area (Å²) in [6.07, 6.45) is 4.16. The molecule has 0 aliphatic rings. The summed E-state index contributed by atoms with van der Waals surface area (Å²) in [4.78, 5) is 14.0. The summed E-state index contributed by atoms with van der Waals surface area (Å²) in [6.45, 7) is 2.80. The van der Waals surface area contributed by atoms with E-state index in [9.17, 15) is 10.1 Å². The first kappa shape index (κ1) is 13.3. The third-order valence-electron chi connectivity index (χ3n) is 2.25. The molecule has 0 aliphatic carbocycles. The van der Waals surface area contributed by atoms with E-state index < -0.39 is 4.92 Å². The first-order chi connectivity index (χ1) is 9.08. The van der Waals surface area contributed by atoms with Crippen LogP contribution in [0.1, 0.15) is 13.3 Å². The van der Waals surface area contributed by atoms with E-state index in [-0.39, 0.29) is 16.7 Å². The van der Waals surface area contributed by atoms with Crippen LogP contribution in [0.4, 0.5) is 5.69 Å². The van der Waals surface area contributed by atoms with E-state index in [0.29, 0.717) is 5.75 Å². The number of nitro groups is 1. The monoisotopic (exact) mass is 282 g/mol. The van der Waals surface area contributed by atoms with Gasteiger partial charge in [0.1, 0.15) is 5.15 Å². The fourth-order valence-electron chi connectivity index (χ4n) is 1.49. The van der Waals surface area contributed by atoms with Crippen molar-refractivity contribution < 1.29 is 9.66 Å². The molecule has 2 heterocycles. The first-order valence-corrected chi connectivity index (χ1v) is 5.98. The van der Waals surface area contributed by atoms with Gasteiger partial charge in [0.05, 0.1) is 29.4 Å². The molecule has 0 bridgehead atoms. The second kappa shape index (κ2) is 5.66. The molecule has 0 atom stereocenters. The van der Waals surface area contributed by atoms with Gasteiger partial charge in [-0.2, -0.15) is 5.10 Å². The summed E-state index contributed by atoms with van der Waals surface area (Å²) in [5.74, 6) is 0.521. The molecule has 0 radical (unpaired) electrons. The molecule has 0 amide bonds. The third-order valence-corrected chi connectivity index (χ3v) is 2.44. The normalized spacial score (nSPS) is 10.4. The van der Waals surface area contributed by atoms with E-state index in [1.807, 2.05) is 6.92 Å². The summed E-state index contributed by atoms with van der Waals surface area (Å²) >= 11 is 5.70. The molecule has 8 heteroatoms. The fourth-order valence-corrected chi connectivity index (χ4v) is 1.68. The third kappa shape index (κ3) is 3.41. The lowest BCUT2D eigenvalue weighted by Gasteiger charge is -2.02. The molecule has 0 aliphatic heterocycles. The SMILES string of the molecule is CCCn1cc(Oc2cc([N+](=O)[O-])cc(Cl)n2)cn1. The predicted molar refractivity (Wildman–Crippen MR) is 68.5 cm³/mol. The molecule has 100 valence electrons. The maximum atomic E-state index is 10.7. The lowest BCUT2D eigenvalue weighted by molar-refractivity contribution is -0.385. The van der Waals surface area contributed by atoms with Gasteiger partial charge in [-0.05, 0) is 6.42 Å². The summed E-state index contributed by atoms with van der Waals surface area (Å²) < 4.78 is 7.11. The highest BCUT2D eigenvalue weighted by Crippen LogP contribution is 2.25. The molecular weight excluding hydrogens is 272 g/mol. The van der Waals surface area contributed by atoms with Crippen LogP contribution < -0.4 is 4.74 Å². The van der Waals surface area contributed by atoms with Crippen LogP contribution in [-0.2, 0) is 6.54 Å². The quantitative estimate of drug-likeness (QED) is 0.478. The molecule has 0 aromatic carbocycles. The van der Waals surface area contributed by atoms with E-state index in [1.54, 1.807) is 10.9 Å². The number of hydrogen-bond donors (Lipinski definition) is 0. The van der Waals surface area contributed by atoms with Gasteiger partial charge in [0.2, 0.25) is 5.88 Å². The molecule has 7 nitrogen and oxygen atoms in total. The summed E-state index contributed by atoms with van der Waals surface area (Å²) in [6, 6.07) is 2.37. The summed E-state index contributed by atoms with van der Waals surface area (Å²) in [7, 11) is 0. The molecule has 0 fully saturated rings. The Bertz CT molecular complexity index is 599. The van der Waals surface area contributed by atoms with E-state index in [0.717, 1.165) is 19.0 Å². The maximum Gasteiger partial charge on any atom is 0.277 e. The van der Waals surface area contributed by atoms with Crippen LogP contribution in [0.2, 0.25) is 5.15 Å². The van der Waals surface area contributed by atoms with Crippen LogP contribution >= 0.6 is 11.6 Å². The van der Waals surface area contributed by atoms with E-state index in [2.05, 4.69) is 10.1 Å². The number of aryl methyl sites for hydroxylation is 1. The summed E-state index contributed by atoms with van der Waals surface area (Å²) in [5.41, 5.74) is -0.170. The highest BCUT2D eigenvalue weighted by molar-refractivity contribution is 6.29. The van der Waals surface area contributed by atoms with Gasteiger partial charge in [0, 0.05) is 6.54 Å². The second-order valence-corrected chi connectivity index (χ2v) is 4.17. The zero-order chi connectivity index (χ0) is 13.8. The summed E-state index contributed by atoms with van der Waals surface area (Å²) in [5, 5.41) is 14.8. The predicted octanol–water partition coefficient (Wildman–Crippen LogP) is 3.04. The largest absolute Gasteiger partial charge is 0.435 e. The zero-order valence-electron chi connectivity index (χ0n) is 10.1. The zero-order valence-corrected chi connectivity index (χ0v) is 10.9. The van der Waals surface area contributed by atoms with E-state index >= 15 is 0 Å². The average Bonchev–Trinajstić information content (AvgIpc) is 2.76. The van der Waals surface area contributed by atoms with Gasteiger partial charge in [-0.25, -0.2) is 4.98 Å². The smallest absolute Gasteiger partial charge is 0.277 e. The Morgan fingerprint density at radius 2 is 2.32 bits per heavy atom. The van der Waals surface area contributed by atoms with Crippen molar-refractivity contribution >= 4 is 17.3 Å². The minimum Gasteiger partial charge on any atom is -0.435 e. The molecule has 0 saturated carbocycles. The minimum absolute atomic E-state index is 0.00477. The standard InChI is InChI=1S/C11H11ClN4O3/c1-2-3-15-7-9(6-13-15)19-11-5-8(16(17)18)4-10(12)14-11/h4-7H,2-3H2,1H3. The van der Waals surface area contributed by atoms with Crippen molar-refractivity contribution in [3.8, 4) is 11.6 Å². The Morgan fingerprint density at radius 3 is 3.00 bits per heavy atom. The van der Waals surface area contributed by atoms with Gasteiger partial charge >= 0.3 is 0 Å². The van der Waals surface area contributed by atoms with Crippen molar-refractivity contribution in [2.45, 2.75) is 19.9 Å². The number of pyridine rings is 1. The van der Waals surface area contributed by atoms with Crippen molar-refractivity contribution in [1.82, 2.24) is 14.8 Å². The average molecular weight is 283 g/mol. The van der Waals surface area contributed by atoms with Gasteiger partial charge in [0.25, 0.3) is 5.69 Å². The van der Waals surface area contributed by atoms with Gasteiger partial charge in [-0.3, -0.25) is 14.8 Å². The molecule has 0 N–H and O–H groups in total. The maximum absolute atomic E-state index is 10.7. The van der Waals surface area contributed by atoms with E-state index in [1.165, 1.54) is 12.3 Å². The van der Waals surface area contributed by atoms with Crippen LogP contribution in [0.3, 0.4) is 0 Å². The number of hydrogen-bond acceptors (Lipinski definition) is 5. The number of halogens is 1. The molecule has 0 saturated heterocycles.